The fourth-order valence-corrected chi connectivity index (χ4v) is 2.87. The second-order valence-electron chi connectivity index (χ2n) is 5.51. The van der Waals surface area contributed by atoms with E-state index in [1.807, 2.05) is 6.07 Å². The van der Waals surface area contributed by atoms with Crippen molar-refractivity contribution in [3.05, 3.63) is 34.9 Å². The van der Waals surface area contributed by atoms with Gasteiger partial charge in [-0.15, -0.1) is 0 Å². The van der Waals surface area contributed by atoms with Gasteiger partial charge in [-0.25, -0.2) is 0 Å². The molecule has 3 nitrogen and oxygen atoms in total. The average molecular weight is 259 g/mol. The van der Waals surface area contributed by atoms with Gasteiger partial charge < -0.3 is 0 Å². The maximum Gasteiger partial charge on any atom is 0.237 e. The SMILES string of the molecule is CCCC1(c2ccc(C)c(C)c2)CCC(=O)NC1=O. The van der Waals surface area contributed by atoms with E-state index >= 15 is 0 Å². The fourth-order valence-electron chi connectivity index (χ4n) is 2.87. The molecule has 0 bridgehead atoms. The molecule has 1 heterocycles. The maximum atomic E-state index is 12.4. The van der Waals surface area contributed by atoms with E-state index in [4.69, 9.17) is 0 Å². The van der Waals surface area contributed by atoms with Crippen LogP contribution < -0.4 is 5.32 Å². The summed E-state index contributed by atoms with van der Waals surface area (Å²) in [5.41, 5.74) is 2.93. The summed E-state index contributed by atoms with van der Waals surface area (Å²) in [5, 5.41) is 2.51. The monoisotopic (exact) mass is 259 g/mol. The second kappa shape index (κ2) is 5.16. The predicted molar refractivity (Wildman–Crippen MR) is 74.9 cm³/mol. The molecule has 0 radical (unpaired) electrons. The van der Waals surface area contributed by atoms with Gasteiger partial charge in [-0.3, -0.25) is 14.9 Å². The highest BCUT2D eigenvalue weighted by Crippen LogP contribution is 2.37. The molecule has 3 heteroatoms. The summed E-state index contributed by atoms with van der Waals surface area (Å²) in [5.74, 6) is -0.283. The standard InChI is InChI=1S/C16H21NO2/c1-4-8-16(9-7-14(18)17-15(16)19)13-6-5-11(2)12(3)10-13/h5-6,10H,4,7-9H2,1-3H3,(H,17,18,19). The molecule has 1 N–H and O–H groups in total. The highest BCUT2D eigenvalue weighted by atomic mass is 16.2. The van der Waals surface area contributed by atoms with E-state index in [0.29, 0.717) is 12.8 Å². The molecule has 1 saturated heterocycles. The Morgan fingerprint density at radius 3 is 2.53 bits per heavy atom. The minimum absolute atomic E-state index is 0.131. The third-order valence-corrected chi connectivity index (χ3v) is 4.20. The highest BCUT2D eigenvalue weighted by molar-refractivity contribution is 6.03. The predicted octanol–water partition coefficient (Wildman–Crippen LogP) is 2.78. The molecular weight excluding hydrogens is 238 g/mol. The lowest BCUT2D eigenvalue weighted by Crippen LogP contribution is -2.51. The summed E-state index contributed by atoms with van der Waals surface area (Å²) in [6.07, 6.45) is 2.76. The third-order valence-electron chi connectivity index (χ3n) is 4.20. The van der Waals surface area contributed by atoms with Crippen molar-refractivity contribution in [1.29, 1.82) is 0 Å². The summed E-state index contributed by atoms with van der Waals surface area (Å²) in [6.45, 7) is 6.20. The first kappa shape index (κ1) is 13.8. The smallest absolute Gasteiger partial charge is 0.237 e. The molecule has 102 valence electrons. The molecule has 2 amide bonds. The Hall–Kier alpha value is -1.64. The van der Waals surface area contributed by atoms with Crippen LogP contribution in [-0.2, 0) is 15.0 Å². The summed E-state index contributed by atoms with van der Waals surface area (Å²) >= 11 is 0. The van der Waals surface area contributed by atoms with Gasteiger partial charge in [0.1, 0.15) is 0 Å². The van der Waals surface area contributed by atoms with Gasteiger partial charge >= 0.3 is 0 Å². The van der Waals surface area contributed by atoms with Crippen molar-refractivity contribution < 1.29 is 9.59 Å². The van der Waals surface area contributed by atoms with Gasteiger partial charge in [0.15, 0.2) is 0 Å². The van der Waals surface area contributed by atoms with E-state index in [1.165, 1.54) is 11.1 Å². The largest absolute Gasteiger partial charge is 0.296 e. The lowest BCUT2D eigenvalue weighted by molar-refractivity contribution is -0.138. The van der Waals surface area contributed by atoms with Crippen LogP contribution >= 0.6 is 0 Å². The van der Waals surface area contributed by atoms with Crippen LogP contribution in [0.2, 0.25) is 0 Å². The molecule has 0 aromatic heterocycles. The van der Waals surface area contributed by atoms with Gasteiger partial charge in [0.05, 0.1) is 5.41 Å². The Labute approximate surface area is 114 Å². The molecule has 1 unspecified atom stereocenters. The quantitative estimate of drug-likeness (QED) is 0.848. The van der Waals surface area contributed by atoms with Gasteiger partial charge in [-0.2, -0.15) is 0 Å². The summed E-state index contributed by atoms with van der Waals surface area (Å²) in [6, 6.07) is 6.19. The van der Waals surface area contributed by atoms with Crippen molar-refractivity contribution >= 4 is 11.8 Å². The number of piperidine rings is 1. The first-order valence-corrected chi connectivity index (χ1v) is 6.91. The van der Waals surface area contributed by atoms with Crippen LogP contribution in [0, 0.1) is 13.8 Å². The van der Waals surface area contributed by atoms with Crippen molar-refractivity contribution in [2.45, 2.75) is 51.9 Å². The van der Waals surface area contributed by atoms with Crippen LogP contribution in [0.5, 0.6) is 0 Å². The number of hydrogen-bond acceptors (Lipinski definition) is 2. The molecule has 1 aromatic rings. The first-order valence-electron chi connectivity index (χ1n) is 6.91. The fraction of sp³-hybridized carbons (Fsp3) is 0.500. The molecule has 1 aromatic carbocycles. The lowest BCUT2D eigenvalue weighted by Gasteiger charge is -2.36. The third kappa shape index (κ3) is 2.42. The van der Waals surface area contributed by atoms with Crippen LogP contribution in [0.15, 0.2) is 18.2 Å². The van der Waals surface area contributed by atoms with Gasteiger partial charge in [-0.1, -0.05) is 31.5 Å². The number of hydrogen-bond donors (Lipinski definition) is 1. The van der Waals surface area contributed by atoms with E-state index in [-0.39, 0.29) is 11.8 Å². The number of carbonyl (C=O) groups excluding carboxylic acids is 2. The molecule has 2 rings (SSSR count). The molecular formula is C16H21NO2. The minimum atomic E-state index is -0.527. The number of benzene rings is 1. The second-order valence-corrected chi connectivity index (χ2v) is 5.51. The number of aryl methyl sites for hydroxylation is 2. The van der Waals surface area contributed by atoms with Gasteiger partial charge in [0.2, 0.25) is 11.8 Å². The summed E-state index contributed by atoms with van der Waals surface area (Å²) in [4.78, 5) is 23.8. The van der Waals surface area contributed by atoms with Crippen molar-refractivity contribution in [1.82, 2.24) is 5.32 Å². The molecule has 1 atom stereocenters. The number of rotatable bonds is 3. The molecule has 1 aliphatic heterocycles. The lowest BCUT2D eigenvalue weighted by atomic mass is 9.70. The number of nitrogens with one attached hydrogen (secondary N) is 1. The zero-order chi connectivity index (χ0) is 14.0. The summed E-state index contributed by atoms with van der Waals surface area (Å²) < 4.78 is 0. The first-order chi connectivity index (χ1) is 8.99. The van der Waals surface area contributed by atoms with Gasteiger partial charge in [0, 0.05) is 6.42 Å². The van der Waals surface area contributed by atoms with E-state index < -0.39 is 5.41 Å². The van der Waals surface area contributed by atoms with Gasteiger partial charge in [0.25, 0.3) is 0 Å². The van der Waals surface area contributed by atoms with Crippen LogP contribution in [0.4, 0.5) is 0 Å². The maximum absolute atomic E-state index is 12.4. The summed E-state index contributed by atoms with van der Waals surface area (Å²) in [7, 11) is 0. The van der Waals surface area contributed by atoms with Gasteiger partial charge in [-0.05, 0) is 43.4 Å². The Balaban J connectivity index is 2.46. The molecule has 0 spiro atoms. The number of imide groups is 1. The Kier molecular flexibility index (Phi) is 3.74. The Morgan fingerprint density at radius 2 is 1.95 bits per heavy atom. The van der Waals surface area contributed by atoms with Crippen molar-refractivity contribution in [2.24, 2.45) is 0 Å². The molecule has 0 saturated carbocycles. The van der Waals surface area contributed by atoms with Crippen molar-refractivity contribution in [3.63, 3.8) is 0 Å². The zero-order valence-electron chi connectivity index (χ0n) is 11.9. The molecule has 19 heavy (non-hydrogen) atoms. The minimum Gasteiger partial charge on any atom is -0.296 e. The van der Waals surface area contributed by atoms with Crippen molar-refractivity contribution in [2.75, 3.05) is 0 Å². The Morgan fingerprint density at radius 1 is 1.21 bits per heavy atom. The van der Waals surface area contributed by atoms with Crippen LogP contribution in [0.3, 0.4) is 0 Å². The zero-order valence-corrected chi connectivity index (χ0v) is 11.9. The molecule has 1 aliphatic rings. The van der Waals surface area contributed by atoms with Crippen LogP contribution in [-0.4, -0.2) is 11.8 Å². The normalized spacial score (nSPS) is 23.3. The highest BCUT2D eigenvalue weighted by Gasteiger charge is 2.43. The Bertz CT molecular complexity index is 521. The van der Waals surface area contributed by atoms with Crippen LogP contribution in [0.1, 0.15) is 49.3 Å². The van der Waals surface area contributed by atoms with E-state index in [0.717, 1.165) is 18.4 Å². The van der Waals surface area contributed by atoms with E-state index in [1.54, 1.807) is 0 Å². The number of amides is 2. The topological polar surface area (TPSA) is 46.2 Å². The molecule has 0 aliphatic carbocycles. The number of carbonyl (C=O) groups is 2. The van der Waals surface area contributed by atoms with Crippen molar-refractivity contribution in [3.8, 4) is 0 Å². The van der Waals surface area contributed by atoms with E-state index in [9.17, 15) is 9.59 Å². The average Bonchev–Trinajstić information content (AvgIpc) is 2.36. The van der Waals surface area contributed by atoms with Crippen LogP contribution in [0.25, 0.3) is 0 Å². The molecule has 1 fully saturated rings. The van der Waals surface area contributed by atoms with E-state index in [2.05, 4.69) is 38.2 Å².